The van der Waals surface area contributed by atoms with Crippen molar-refractivity contribution in [1.29, 1.82) is 0 Å². The van der Waals surface area contributed by atoms with Crippen molar-refractivity contribution in [2.24, 2.45) is 5.41 Å². The van der Waals surface area contributed by atoms with Crippen molar-refractivity contribution in [1.82, 2.24) is 10.2 Å². The lowest BCUT2D eigenvalue weighted by molar-refractivity contribution is -0.00461. The van der Waals surface area contributed by atoms with Crippen molar-refractivity contribution in [2.75, 3.05) is 46.9 Å². The molecule has 124 valence electrons. The minimum Gasteiger partial charge on any atom is -0.377 e. The third-order valence-corrected chi connectivity index (χ3v) is 5.30. The second-order valence-corrected chi connectivity index (χ2v) is 6.98. The summed E-state index contributed by atoms with van der Waals surface area (Å²) in [5.41, 5.74) is 0.467. The SMILES string of the molecule is CCCNCC1(CN2CC(OC)C(OC)C2)CCCCC1. The van der Waals surface area contributed by atoms with Gasteiger partial charge in [-0.1, -0.05) is 26.2 Å². The molecule has 4 nitrogen and oxygen atoms in total. The van der Waals surface area contributed by atoms with Gasteiger partial charge in [0.25, 0.3) is 0 Å². The van der Waals surface area contributed by atoms with E-state index in [1.165, 1.54) is 51.6 Å². The van der Waals surface area contributed by atoms with Gasteiger partial charge in [-0.2, -0.15) is 0 Å². The van der Waals surface area contributed by atoms with E-state index in [0.717, 1.165) is 19.6 Å². The van der Waals surface area contributed by atoms with Crippen LogP contribution in [0.25, 0.3) is 0 Å². The molecule has 4 heteroatoms. The molecule has 0 aromatic heterocycles. The van der Waals surface area contributed by atoms with E-state index < -0.39 is 0 Å². The molecule has 2 fully saturated rings. The first-order valence-corrected chi connectivity index (χ1v) is 8.71. The number of nitrogens with zero attached hydrogens (tertiary/aromatic N) is 1. The minimum atomic E-state index is 0.235. The highest BCUT2D eigenvalue weighted by Crippen LogP contribution is 2.37. The summed E-state index contributed by atoms with van der Waals surface area (Å²) >= 11 is 0. The second kappa shape index (κ2) is 8.47. The average Bonchev–Trinajstić information content (AvgIpc) is 2.90. The van der Waals surface area contributed by atoms with Crippen LogP contribution in [0.2, 0.25) is 0 Å². The Labute approximate surface area is 130 Å². The summed E-state index contributed by atoms with van der Waals surface area (Å²) in [6, 6.07) is 0. The van der Waals surface area contributed by atoms with Gasteiger partial charge < -0.3 is 14.8 Å². The first-order valence-electron chi connectivity index (χ1n) is 8.71. The Morgan fingerprint density at radius 1 is 1.05 bits per heavy atom. The summed E-state index contributed by atoms with van der Waals surface area (Å²) in [5.74, 6) is 0. The van der Waals surface area contributed by atoms with E-state index in [1.807, 2.05) is 0 Å². The van der Waals surface area contributed by atoms with Gasteiger partial charge in [0.2, 0.25) is 0 Å². The lowest BCUT2D eigenvalue weighted by Gasteiger charge is -2.40. The third kappa shape index (κ3) is 4.65. The summed E-state index contributed by atoms with van der Waals surface area (Å²) in [4.78, 5) is 2.57. The first kappa shape index (κ1) is 17.2. The zero-order valence-electron chi connectivity index (χ0n) is 14.2. The second-order valence-electron chi connectivity index (χ2n) is 6.98. The van der Waals surface area contributed by atoms with Gasteiger partial charge in [-0.3, -0.25) is 4.90 Å². The molecule has 1 saturated heterocycles. The highest BCUT2D eigenvalue weighted by Gasteiger charge is 2.39. The van der Waals surface area contributed by atoms with E-state index in [9.17, 15) is 0 Å². The molecule has 2 rings (SSSR count). The molecule has 1 N–H and O–H groups in total. The van der Waals surface area contributed by atoms with E-state index in [0.29, 0.717) is 5.41 Å². The maximum atomic E-state index is 5.58. The van der Waals surface area contributed by atoms with Gasteiger partial charge in [0.05, 0.1) is 12.2 Å². The summed E-state index contributed by atoms with van der Waals surface area (Å²) in [5, 5.41) is 3.68. The number of likely N-dealkylation sites (tertiary alicyclic amines) is 1. The van der Waals surface area contributed by atoms with Gasteiger partial charge in [0.15, 0.2) is 0 Å². The maximum Gasteiger partial charge on any atom is 0.0971 e. The fourth-order valence-corrected chi connectivity index (χ4v) is 4.10. The van der Waals surface area contributed by atoms with E-state index in [2.05, 4.69) is 17.1 Å². The Morgan fingerprint density at radius 3 is 2.19 bits per heavy atom. The molecule has 1 aliphatic carbocycles. The van der Waals surface area contributed by atoms with Crippen LogP contribution >= 0.6 is 0 Å². The highest BCUT2D eigenvalue weighted by atomic mass is 16.5. The van der Waals surface area contributed by atoms with Crippen LogP contribution in [0, 0.1) is 5.41 Å². The number of hydrogen-bond acceptors (Lipinski definition) is 4. The number of methoxy groups -OCH3 is 2. The van der Waals surface area contributed by atoms with Gasteiger partial charge >= 0.3 is 0 Å². The molecule has 0 aromatic rings. The molecular weight excluding hydrogens is 264 g/mol. The Hall–Kier alpha value is -0.160. The Morgan fingerprint density at radius 2 is 1.67 bits per heavy atom. The lowest BCUT2D eigenvalue weighted by Crippen LogP contribution is -2.45. The highest BCUT2D eigenvalue weighted by molar-refractivity contribution is 4.93. The molecular formula is C17H34N2O2. The molecule has 2 aliphatic rings. The largest absolute Gasteiger partial charge is 0.377 e. The topological polar surface area (TPSA) is 33.7 Å². The van der Waals surface area contributed by atoms with Gasteiger partial charge in [0, 0.05) is 40.4 Å². The van der Waals surface area contributed by atoms with Crippen LogP contribution in [0.1, 0.15) is 45.4 Å². The molecule has 0 spiro atoms. The van der Waals surface area contributed by atoms with Crippen LogP contribution in [-0.4, -0.2) is 64.1 Å². The Kier molecular flexibility index (Phi) is 6.93. The summed E-state index contributed by atoms with van der Waals surface area (Å²) in [6.45, 7) is 7.79. The molecule has 0 aromatic carbocycles. The summed E-state index contributed by atoms with van der Waals surface area (Å²) in [7, 11) is 3.61. The van der Waals surface area contributed by atoms with Crippen LogP contribution in [0.4, 0.5) is 0 Å². The van der Waals surface area contributed by atoms with E-state index in [1.54, 1.807) is 14.2 Å². The monoisotopic (exact) mass is 298 g/mol. The maximum absolute atomic E-state index is 5.58. The zero-order chi connectivity index (χ0) is 15.1. The lowest BCUT2D eigenvalue weighted by atomic mass is 9.73. The molecule has 2 unspecified atom stereocenters. The smallest absolute Gasteiger partial charge is 0.0971 e. The molecule has 0 radical (unpaired) electrons. The van der Waals surface area contributed by atoms with Gasteiger partial charge in [0.1, 0.15) is 0 Å². The number of ether oxygens (including phenoxy) is 2. The fourth-order valence-electron chi connectivity index (χ4n) is 4.10. The van der Waals surface area contributed by atoms with Crippen LogP contribution in [0.5, 0.6) is 0 Å². The average molecular weight is 298 g/mol. The first-order chi connectivity index (χ1) is 10.2. The number of nitrogens with one attached hydrogen (secondary N) is 1. The van der Waals surface area contributed by atoms with Crippen molar-refractivity contribution in [3.05, 3.63) is 0 Å². The molecule has 1 saturated carbocycles. The molecule has 1 heterocycles. The van der Waals surface area contributed by atoms with Gasteiger partial charge in [-0.15, -0.1) is 0 Å². The number of hydrogen-bond donors (Lipinski definition) is 1. The Bertz CT molecular complexity index is 281. The quantitative estimate of drug-likeness (QED) is 0.697. The molecule has 2 atom stereocenters. The standard InChI is InChI=1S/C17H34N2O2/c1-4-10-18-13-17(8-6-5-7-9-17)14-19-11-15(20-2)16(12-19)21-3/h15-16,18H,4-14H2,1-3H3. The van der Waals surface area contributed by atoms with Crippen molar-refractivity contribution < 1.29 is 9.47 Å². The van der Waals surface area contributed by atoms with Crippen molar-refractivity contribution in [2.45, 2.75) is 57.7 Å². The predicted molar refractivity (Wildman–Crippen MR) is 86.7 cm³/mol. The van der Waals surface area contributed by atoms with Crippen LogP contribution < -0.4 is 5.32 Å². The van der Waals surface area contributed by atoms with Crippen LogP contribution in [-0.2, 0) is 9.47 Å². The number of rotatable bonds is 8. The van der Waals surface area contributed by atoms with Crippen LogP contribution in [0.15, 0.2) is 0 Å². The summed E-state index contributed by atoms with van der Waals surface area (Å²) < 4.78 is 11.2. The van der Waals surface area contributed by atoms with Gasteiger partial charge in [-0.25, -0.2) is 0 Å². The van der Waals surface area contributed by atoms with E-state index in [4.69, 9.17) is 9.47 Å². The molecule has 21 heavy (non-hydrogen) atoms. The van der Waals surface area contributed by atoms with Crippen molar-refractivity contribution in [3.63, 3.8) is 0 Å². The predicted octanol–water partition coefficient (Wildman–Crippen LogP) is 2.28. The molecule has 1 aliphatic heterocycles. The fraction of sp³-hybridized carbons (Fsp3) is 1.00. The minimum absolute atomic E-state index is 0.235. The Balaban J connectivity index is 1.92. The summed E-state index contributed by atoms with van der Waals surface area (Å²) in [6.07, 6.45) is 8.63. The molecule has 0 amide bonds. The van der Waals surface area contributed by atoms with E-state index >= 15 is 0 Å². The van der Waals surface area contributed by atoms with Crippen LogP contribution in [0.3, 0.4) is 0 Å². The third-order valence-electron chi connectivity index (χ3n) is 5.30. The van der Waals surface area contributed by atoms with Crippen molar-refractivity contribution >= 4 is 0 Å². The van der Waals surface area contributed by atoms with Gasteiger partial charge in [-0.05, 0) is 31.2 Å². The zero-order valence-corrected chi connectivity index (χ0v) is 14.2. The normalized spacial score (nSPS) is 29.9. The van der Waals surface area contributed by atoms with Crippen molar-refractivity contribution in [3.8, 4) is 0 Å². The molecule has 0 bridgehead atoms. The van der Waals surface area contributed by atoms with E-state index in [-0.39, 0.29) is 12.2 Å².